The van der Waals surface area contributed by atoms with Gasteiger partial charge < -0.3 is 9.80 Å². The first kappa shape index (κ1) is 38.9. The molecule has 10 aromatic carbocycles. The number of hydrogen-bond acceptors (Lipinski definition) is 2. The summed E-state index contributed by atoms with van der Waals surface area (Å²) in [5.74, 6) is 0.127. The van der Waals surface area contributed by atoms with Crippen molar-refractivity contribution in [2.24, 2.45) is 0 Å². The number of fused-ring (bicyclic) bond motifs is 6. The summed E-state index contributed by atoms with van der Waals surface area (Å²) in [4.78, 5) is 4.77. The van der Waals surface area contributed by atoms with Crippen LogP contribution in [0.3, 0.4) is 0 Å². The highest BCUT2D eigenvalue weighted by Gasteiger charge is 2.29. The molecule has 1 atom stereocenters. The summed E-state index contributed by atoms with van der Waals surface area (Å²) < 4.78 is 0. The molecule has 0 amide bonds. The van der Waals surface area contributed by atoms with Crippen LogP contribution in [-0.4, -0.2) is 0 Å². The maximum absolute atomic E-state index is 2.45. The van der Waals surface area contributed by atoms with Crippen LogP contribution in [0.1, 0.15) is 40.2 Å². The van der Waals surface area contributed by atoms with Gasteiger partial charge in [0, 0.05) is 40.0 Å². The molecule has 0 saturated heterocycles. The monoisotopic (exact) mass is 820 g/mol. The van der Waals surface area contributed by atoms with Crippen molar-refractivity contribution < 1.29 is 0 Å². The Balaban J connectivity index is 1.34. The fourth-order valence-electron chi connectivity index (χ4n) is 10.1. The molecule has 0 aliphatic heterocycles. The van der Waals surface area contributed by atoms with Gasteiger partial charge in [0.1, 0.15) is 0 Å². The first-order chi connectivity index (χ1) is 31.6. The SMILES string of the molecule is Cc1cccc(C2=c3c(c4ccc(N(c5ccccc5)c5ccccc5)cc4c4cc(N(c5ccccc5)c5ccccc5)ccc34)=C(c3cccc(C)c3)C(c3ccccc3)C2)c1. The van der Waals surface area contributed by atoms with Crippen LogP contribution in [0.4, 0.5) is 34.1 Å². The van der Waals surface area contributed by atoms with E-state index in [9.17, 15) is 0 Å². The summed E-state index contributed by atoms with van der Waals surface area (Å²) in [6.07, 6.45) is 0.875. The number of rotatable bonds is 9. The van der Waals surface area contributed by atoms with Crippen molar-refractivity contribution in [3.8, 4) is 0 Å². The predicted octanol–water partition coefficient (Wildman–Crippen LogP) is 15.1. The lowest BCUT2D eigenvalue weighted by Gasteiger charge is -2.31. The molecule has 10 aromatic rings. The Morgan fingerprint density at radius 2 is 0.734 bits per heavy atom. The van der Waals surface area contributed by atoms with Crippen LogP contribution in [0.2, 0.25) is 0 Å². The molecule has 1 aliphatic carbocycles. The van der Waals surface area contributed by atoms with Gasteiger partial charge >= 0.3 is 0 Å². The van der Waals surface area contributed by atoms with E-state index >= 15 is 0 Å². The standard InChI is InChI=1S/C62H48N2/c1-43-20-18-24-46(38-43)57-42-56(45-22-8-3-9-23-45)60(47-25-19-21-44(2)39-47)62-55-37-35-53(64(50-30-14-6-15-31-50)51-32-16-7-17-33-51)41-59(55)58-40-52(34-36-54(58)61(57)62)63(48-26-10-4-11-27-48)49-28-12-5-13-29-49/h3-41,56H,42H2,1-2H3. The molecule has 0 aromatic heterocycles. The minimum absolute atomic E-state index is 0.127. The first-order valence-corrected chi connectivity index (χ1v) is 22.4. The van der Waals surface area contributed by atoms with Gasteiger partial charge in [-0.3, -0.25) is 0 Å². The molecule has 0 saturated carbocycles. The average molecular weight is 821 g/mol. The highest BCUT2D eigenvalue weighted by Crippen LogP contribution is 2.44. The van der Waals surface area contributed by atoms with E-state index < -0.39 is 0 Å². The molecule has 0 fully saturated rings. The van der Waals surface area contributed by atoms with Crippen LogP contribution >= 0.6 is 0 Å². The Morgan fingerprint density at radius 1 is 0.328 bits per heavy atom. The van der Waals surface area contributed by atoms with E-state index in [0.717, 1.165) is 40.5 Å². The second-order valence-corrected chi connectivity index (χ2v) is 17.0. The van der Waals surface area contributed by atoms with Gasteiger partial charge in [-0.1, -0.05) is 175 Å². The Morgan fingerprint density at radius 3 is 1.19 bits per heavy atom. The van der Waals surface area contributed by atoms with E-state index in [1.807, 2.05) is 0 Å². The highest BCUT2D eigenvalue weighted by atomic mass is 15.1. The maximum Gasteiger partial charge on any atom is 0.0468 e. The molecule has 1 aliphatic rings. The molecular formula is C62H48N2. The smallest absolute Gasteiger partial charge is 0.0468 e. The third-order valence-electron chi connectivity index (χ3n) is 12.9. The van der Waals surface area contributed by atoms with Gasteiger partial charge in [-0.15, -0.1) is 0 Å². The minimum atomic E-state index is 0.127. The topological polar surface area (TPSA) is 6.48 Å². The van der Waals surface area contributed by atoms with Crippen molar-refractivity contribution in [2.45, 2.75) is 26.2 Å². The van der Waals surface area contributed by atoms with Gasteiger partial charge in [0.25, 0.3) is 0 Å². The molecule has 0 radical (unpaired) electrons. The summed E-state index contributed by atoms with van der Waals surface area (Å²) >= 11 is 0. The van der Waals surface area contributed by atoms with Gasteiger partial charge in [-0.05, 0) is 153 Å². The average Bonchev–Trinajstić information content (AvgIpc) is 3.35. The van der Waals surface area contributed by atoms with E-state index in [2.05, 4.69) is 260 Å². The van der Waals surface area contributed by atoms with Gasteiger partial charge in [0.15, 0.2) is 0 Å². The van der Waals surface area contributed by atoms with E-state index in [1.54, 1.807) is 0 Å². The molecule has 306 valence electrons. The quantitative estimate of drug-likeness (QED) is 0.134. The van der Waals surface area contributed by atoms with Crippen LogP contribution < -0.4 is 20.2 Å². The number of aryl methyl sites for hydroxylation is 2. The van der Waals surface area contributed by atoms with Crippen molar-refractivity contribution in [3.63, 3.8) is 0 Å². The van der Waals surface area contributed by atoms with Gasteiger partial charge in [0.2, 0.25) is 0 Å². The number of hydrogen-bond donors (Lipinski definition) is 0. The molecule has 2 nitrogen and oxygen atoms in total. The number of nitrogens with zero attached hydrogens (tertiary/aromatic N) is 2. The molecule has 11 rings (SSSR count). The molecule has 0 N–H and O–H groups in total. The molecule has 0 bridgehead atoms. The summed E-state index contributed by atoms with van der Waals surface area (Å²) in [6.45, 7) is 4.43. The summed E-state index contributed by atoms with van der Waals surface area (Å²) in [5, 5.41) is 7.58. The van der Waals surface area contributed by atoms with E-state index in [1.165, 1.54) is 70.9 Å². The Kier molecular flexibility index (Phi) is 10.2. The summed E-state index contributed by atoms with van der Waals surface area (Å²) in [7, 11) is 0. The number of anilines is 6. The van der Waals surface area contributed by atoms with Crippen molar-refractivity contribution in [3.05, 3.63) is 275 Å². The van der Waals surface area contributed by atoms with Gasteiger partial charge in [-0.25, -0.2) is 0 Å². The molecule has 0 heterocycles. The third kappa shape index (κ3) is 7.13. The van der Waals surface area contributed by atoms with Crippen molar-refractivity contribution >= 4 is 66.8 Å². The largest absolute Gasteiger partial charge is 0.310 e. The minimum Gasteiger partial charge on any atom is -0.310 e. The predicted molar refractivity (Wildman–Crippen MR) is 271 cm³/mol. The van der Waals surface area contributed by atoms with E-state index in [-0.39, 0.29) is 5.92 Å². The maximum atomic E-state index is 2.45. The zero-order chi connectivity index (χ0) is 43.0. The first-order valence-electron chi connectivity index (χ1n) is 22.4. The molecule has 64 heavy (non-hydrogen) atoms. The highest BCUT2D eigenvalue weighted by molar-refractivity contribution is 6.13. The number of benzene rings is 10. The second kappa shape index (κ2) is 16.7. The van der Waals surface area contributed by atoms with Crippen molar-refractivity contribution in [1.29, 1.82) is 0 Å². The van der Waals surface area contributed by atoms with Crippen molar-refractivity contribution in [1.82, 2.24) is 0 Å². The Labute approximate surface area is 376 Å². The molecular weight excluding hydrogens is 773 g/mol. The third-order valence-corrected chi connectivity index (χ3v) is 12.9. The van der Waals surface area contributed by atoms with Crippen LogP contribution in [-0.2, 0) is 0 Å². The molecule has 1 unspecified atom stereocenters. The zero-order valence-electron chi connectivity index (χ0n) is 36.2. The van der Waals surface area contributed by atoms with Crippen LogP contribution in [0, 0.1) is 13.8 Å². The normalized spacial score (nSPS) is 13.5. The van der Waals surface area contributed by atoms with E-state index in [4.69, 9.17) is 0 Å². The Hall–Kier alpha value is -7.94. The molecule has 0 spiro atoms. The summed E-state index contributed by atoms with van der Waals surface area (Å²) in [6, 6.07) is 86.9. The lowest BCUT2D eigenvalue weighted by Crippen LogP contribution is -2.37. The van der Waals surface area contributed by atoms with Gasteiger partial charge in [0.05, 0.1) is 0 Å². The fraction of sp³-hybridized carbons (Fsp3) is 0.0645. The fourth-order valence-corrected chi connectivity index (χ4v) is 10.1. The van der Waals surface area contributed by atoms with Crippen LogP contribution in [0.25, 0.3) is 32.7 Å². The lowest BCUT2D eigenvalue weighted by atomic mass is 9.74. The lowest BCUT2D eigenvalue weighted by molar-refractivity contribution is 0.876. The zero-order valence-corrected chi connectivity index (χ0v) is 36.2. The summed E-state index contributed by atoms with van der Waals surface area (Å²) in [5.41, 5.74) is 15.8. The number of para-hydroxylation sites is 4. The van der Waals surface area contributed by atoms with Crippen LogP contribution in [0.5, 0.6) is 0 Å². The van der Waals surface area contributed by atoms with Gasteiger partial charge in [-0.2, -0.15) is 0 Å². The van der Waals surface area contributed by atoms with E-state index in [0.29, 0.717) is 0 Å². The van der Waals surface area contributed by atoms with Crippen molar-refractivity contribution in [2.75, 3.05) is 9.80 Å². The molecule has 2 heteroatoms. The Bertz CT molecular complexity index is 3340. The second-order valence-electron chi connectivity index (χ2n) is 17.0. The van der Waals surface area contributed by atoms with Crippen LogP contribution in [0.15, 0.2) is 237 Å².